The van der Waals surface area contributed by atoms with Gasteiger partial charge < -0.3 is 9.73 Å². The molecule has 0 fully saturated rings. The van der Waals surface area contributed by atoms with Gasteiger partial charge in [0.25, 0.3) is 0 Å². The van der Waals surface area contributed by atoms with Crippen LogP contribution in [0.4, 0.5) is 0 Å². The minimum absolute atomic E-state index is 0.381. The van der Waals surface area contributed by atoms with Crippen molar-refractivity contribution in [1.82, 2.24) is 10.3 Å². The molecule has 1 unspecified atom stereocenters. The van der Waals surface area contributed by atoms with Gasteiger partial charge in [0.05, 0.1) is 6.20 Å². The van der Waals surface area contributed by atoms with Crippen molar-refractivity contribution in [1.29, 1.82) is 0 Å². The molecule has 5 heteroatoms. The summed E-state index contributed by atoms with van der Waals surface area (Å²) in [6.45, 7) is 0. The Bertz CT molecular complexity index is 2460. The summed E-state index contributed by atoms with van der Waals surface area (Å²) in [5, 5.41) is 10.4. The average molecular weight is 579 g/mol. The number of hydrogen-bond donors (Lipinski definition) is 1. The van der Waals surface area contributed by atoms with Crippen LogP contribution in [0.15, 0.2) is 160 Å². The number of nitrogens with one attached hydrogen (secondary N) is 1. The summed E-state index contributed by atoms with van der Waals surface area (Å²) in [4.78, 5) is 14.9. The number of aromatic nitrogens is 1. The van der Waals surface area contributed by atoms with E-state index in [1.54, 1.807) is 6.20 Å². The summed E-state index contributed by atoms with van der Waals surface area (Å²) in [6, 6.07) is 46.3. The molecular weight excluding hydrogens is 552 g/mol. The molecule has 0 spiro atoms. The maximum atomic E-state index is 6.35. The normalized spacial score (nSPS) is 14.9. The standard InChI is InChI=1S/C40H26N4O/c1-3-11-25(12-4-1)32-21-30(19-29-17-9-10-18-31(29)32)39-42-38(26-13-5-2-6-14-26)43-40(44-39)34-23-41-24-36-37(34)33-20-27-15-7-8-16-28(27)22-35(33)45-36/h1-24,39H,(H,42,43,44). The molecule has 8 aromatic rings. The Kier molecular flexibility index (Phi) is 5.81. The van der Waals surface area contributed by atoms with Crippen LogP contribution in [-0.2, 0) is 0 Å². The molecule has 1 aliphatic heterocycles. The lowest BCUT2D eigenvalue weighted by Gasteiger charge is -2.25. The number of hydrogen-bond acceptors (Lipinski definition) is 5. The summed E-state index contributed by atoms with van der Waals surface area (Å²) in [5.74, 6) is 1.37. The Morgan fingerprint density at radius 1 is 0.556 bits per heavy atom. The van der Waals surface area contributed by atoms with Gasteiger partial charge in [-0.05, 0) is 62.5 Å². The molecule has 0 amide bonds. The highest BCUT2D eigenvalue weighted by Gasteiger charge is 2.25. The zero-order valence-corrected chi connectivity index (χ0v) is 24.2. The van der Waals surface area contributed by atoms with E-state index in [1.807, 2.05) is 30.5 Å². The third-order valence-electron chi connectivity index (χ3n) is 8.56. The van der Waals surface area contributed by atoms with Crippen molar-refractivity contribution in [2.75, 3.05) is 0 Å². The molecule has 1 aliphatic rings. The number of furan rings is 1. The molecule has 6 aromatic carbocycles. The number of benzene rings is 6. The highest BCUT2D eigenvalue weighted by molar-refractivity contribution is 6.22. The number of fused-ring (bicyclic) bond motifs is 5. The van der Waals surface area contributed by atoms with E-state index < -0.39 is 0 Å². The van der Waals surface area contributed by atoms with Gasteiger partial charge >= 0.3 is 0 Å². The Morgan fingerprint density at radius 3 is 2.04 bits per heavy atom. The monoisotopic (exact) mass is 578 g/mol. The second-order valence-electron chi connectivity index (χ2n) is 11.3. The van der Waals surface area contributed by atoms with Gasteiger partial charge in [0.2, 0.25) is 0 Å². The summed E-state index contributed by atoms with van der Waals surface area (Å²) < 4.78 is 6.35. The van der Waals surface area contributed by atoms with E-state index in [0.29, 0.717) is 11.7 Å². The van der Waals surface area contributed by atoms with Gasteiger partial charge in [-0.3, -0.25) is 4.98 Å². The molecule has 9 rings (SSSR count). The van der Waals surface area contributed by atoms with Gasteiger partial charge in [-0.1, -0.05) is 109 Å². The average Bonchev–Trinajstić information content (AvgIpc) is 3.48. The summed E-state index contributed by atoms with van der Waals surface area (Å²) in [6.07, 6.45) is 3.28. The van der Waals surface area contributed by atoms with Crippen LogP contribution in [-0.4, -0.2) is 16.7 Å². The molecule has 0 bridgehead atoms. The molecule has 3 heterocycles. The Balaban J connectivity index is 1.25. The largest absolute Gasteiger partial charge is 0.454 e. The van der Waals surface area contributed by atoms with Gasteiger partial charge in [-0.2, -0.15) is 0 Å². The molecule has 1 N–H and O–H groups in total. The van der Waals surface area contributed by atoms with Crippen molar-refractivity contribution in [2.24, 2.45) is 9.98 Å². The van der Waals surface area contributed by atoms with Crippen LogP contribution in [0.2, 0.25) is 0 Å². The summed E-state index contributed by atoms with van der Waals surface area (Å²) in [5.41, 5.74) is 6.76. The minimum atomic E-state index is -0.381. The van der Waals surface area contributed by atoms with Gasteiger partial charge in [0.1, 0.15) is 17.6 Å². The molecule has 212 valence electrons. The van der Waals surface area contributed by atoms with Gasteiger partial charge in [-0.25, -0.2) is 9.98 Å². The van der Waals surface area contributed by atoms with E-state index in [1.165, 1.54) is 16.5 Å². The first-order valence-electron chi connectivity index (χ1n) is 15.0. The first kappa shape index (κ1) is 25.4. The molecular formula is C40H26N4O. The Labute approximate surface area is 259 Å². The van der Waals surface area contributed by atoms with E-state index >= 15 is 0 Å². The van der Waals surface area contributed by atoms with Crippen molar-refractivity contribution < 1.29 is 4.42 Å². The van der Waals surface area contributed by atoms with Gasteiger partial charge in [-0.15, -0.1) is 0 Å². The number of pyridine rings is 1. The summed E-state index contributed by atoms with van der Waals surface area (Å²) in [7, 11) is 0. The molecule has 45 heavy (non-hydrogen) atoms. The van der Waals surface area contributed by atoms with E-state index in [9.17, 15) is 0 Å². The highest BCUT2D eigenvalue weighted by atomic mass is 16.3. The van der Waals surface area contributed by atoms with Crippen LogP contribution in [0.1, 0.15) is 22.9 Å². The smallest absolute Gasteiger partial charge is 0.159 e. The van der Waals surface area contributed by atoms with Crippen LogP contribution >= 0.6 is 0 Å². The third kappa shape index (κ3) is 4.36. The SMILES string of the molecule is c1ccc(C2=NC(c3cc(-c4ccccc4)c4ccccc4c3)NC(c3cncc4oc5cc6ccccc6cc5c34)=N2)cc1. The topological polar surface area (TPSA) is 62.8 Å². The lowest BCUT2D eigenvalue weighted by Crippen LogP contribution is -2.33. The molecule has 5 nitrogen and oxygen atoms in total. The third-order valence-corrected chi connectivity index (χ3v) is 8.56. The second-order valence-corrected chi connectivity index (χ2v) is 11.3. The number of aliphatic imine (C=N–C) groups is 2. The van der Waals surface area contributed by atoms with Crippen LogP contribution in [0.5, 0.6) is 0 Å². The fourth-order valence-electron chi connectivity index (χ4n) is 6.42. The first-order chi connectivity index (χ1) is 22.3. The number of nitrogens with zero attached hydrogens (tertiary/aromatic N) is 3. The quantitative estimate of drug-likeness (QED) is 0.226. The predicted octanol–water partition coefficient (Wildman–Crippen LogP) is 9.45. The fraction of sp³-hybridized carbons (Fsp3) is 0.0250. The van der Waals surface area contributed by atoms with E-state index in [2.05, 4.69) is 119 Å². The van der Waals surface area contributed by atoms with Crippen LogP contribution in [0.3, 0.4) is 0 Å². The van der Waals surface area contributed by atoms with E-state index in [4.69, 9.17) is 14.4 Å². The van der Waals surface area contributed by atoms with E-state index in [-0.39, 0.29) is 6.17 Å². The lowest BCUT2D eigenvalue weighted by atomic mass is 9.94. The van der Waals surface area contributed by atoms with Crippen molar-refractivity contribution >= 4 is 55.2 Å². The van der Waals surface area contributed by atoms with Crippen LogP contribution in [0, 0.1) is 0 Å². The highest BCUT2D eigenvalue weighted by Crippen LogP contribution is 2.36. The maximum absolute atomic E-state index is 6.35. The predicted molar refractivity (Wildman–Crippen MR) is 184 cm³/mol. The van der Waals surface area contributed by atoms with Crippen molar-refractivity contribution in [3.63, 3.8) is 0 Å². The van der Waals surface area contributed by atoms with Crippen molar-refractivity contribution in [3.8, 4) is 11.1 Å². The van der Waals surface area contributed by atoms with Crippen molar-refractivity contribution in [3.05, 3.63) is 163 Å². The molecule has 1 atom stereocenters. The molecule has 0 saturated carbocycles. The molecule has 2 aromatic heterocycles. The maximum Gasteiger partial charge on any atom is 0.159 e. The minimum Gasteiger partial charge on any atom is -0.454 e. The van der Waals surface area contributed by atoms with Crippen LogP contribution in [0.25, 0.3) is 54.6 Å². The van der Waals surface area contributed by atoms with Gasteiger partial charge in [0.15, 0.2) is 11.4 Å². The zero-order valence-electron chi connectivity index (χ0n) is 24.2. The van der Waals surface area contributed by atoms with Gasteiger partial charge in [0, 0.05) is 28.1 Å². The first-order valence-corrected chi connectivity index (χ1v) is 15.0. The summed E-state index contributed by atoms with van der Waals surface area (Å²) >= 11 is 0. The molecule has 0 radical (unpaired) electrons. The van der Waals surface area contributed by atoms with Crippen LogP contribution < -0.4 is 5.32 Å². The Hall–Kier alpha value is -6.07. The lowest BCUT2D eigenvalue weighted by molar-refractivity contribution is 0.666. The molecule has 0 saturated heterocycles. The van der Waals surface area contributed by atoms with E-state index in [0.717, 1.165) is 54.8 Å². The zero-order chi connectivity index (χ0) is 29.7. The number of amidine groups is 2. The fourth-order valence-corrected chi connectivity index (χ4v) is 6.42. The second kappa shape index (κ2) is 10.3. The van der Waals surface area contributed by atoms with Crippen molar-refractivity contribution in [2.45, 2.75) is 6.17 Å². The Morgan fingerprint density at radius 2 is 1.24 bits per heavy atom. The number of rotatable bonds is 4. The molecule has 0 aliphatic carbocycles.